The third-order valence-corrected chi connectivity index (χ3v) is 7.06. The molecule has 1 aliphatic rings. The van der Waals surface area contributed by atoms with Crippen molar-refractivity contribution in [1.82, 2.24) is 5.32 Å². The SMILES string of the molecule is COCCNC(=O)c1ccccc1NC(=O)CN1c2ccccc2-c2ccccc2S1(=O)=O. The molecule has 3 aromatic carbocycles. The van der Waals surface area contributed by atoms with Crippen molar-refractivity contribution in [2.24, 2.45) is 0 Å². The van der Waals surface area contributed by atoms with Gasteiger partial charge in [-0.05, 0) is 24.3 Å². The number of benzene rings is 3. The van der Waals surface area contributed by atoms with Gasteiger partial charge < -0.3 is 15.4 Å². The normalized spacial score (nSPS) is 13.5. The van der Waals surface area contributed by atoms with E-state index in [1.807, 2.05) is 12.1 Å². The van der Waals surface area contributed by atoms with Gasteiger partial charge in [-0.25, -0.2) is 8.42 Å². The molecule has 3 aromatic rings. The summed E-state index contributed by atoms with van der Waals surface area (Å²) in [5.41, 5.74) is 2.32. The van der Waals surface area contributed by atoms with Crippen molar-refractivity contribution < 1.29 is 22.7 Å². The summed E-state index contributed by atoms with van der Waals surface area (Å²) in [5.74, 6) is -0.933. The minimum atomic E-state index is -3.95. The average Bonchev–Trinajstić information content (AvgIpc) is 2.82. The molecule has 0 aromatic heterocycles. The first-order chi connectivity index (χ1) is 15.9. The molecule has 9 heteroatoms. The topological polar surface area (TPSA) is 105 Å². The summed E-state index contributed by atoms with van der Waals surface area (Å²) < 4.78 is 32.7. The van der Waals surface area contributed by atoms with E-state index in [4.69, 9.17) is 4.74 Å². The Kier molecular flexibility index (Phi) is 6.43. The molecule has 2 N–H and O–H groups in total. The van der Waals surface area contributed by atoms with Gasteiger partial charge in [0, 0.05) is 24.8 Å². The highest BCUT2D eigenvalue weighted by molar-refractivity contribution is 7.93. The zero-order chi connectivity index (χ0) is 23.4. The molecule has 1 aliphatic heterocycles. The second kappa shape index (κ2) is 9.43. The highest BCUT2D eigenvalue weighted by atomic mass is 32.2. The van der Waals surface area contributed by atoms with Crippen molar-refractivity contribution in [3.05, 3.63) is 78.4 Å². The number of carbonyl (C=O) groups excluding carboxylic acids is 2. The standard InChI is InChI=1S/C24H23N3O5S/c1-32-15-14-25-24(29)19-10-2-5-11-20(19)26-23(28)16-27-21-12-6-3-8-17(21)18-9-4-7-13-22(18)33(27,30)31/h2-13H,14-16H2,1H3,(H,25,29)(H,26,28). The minimum Gasteiger partial charge on any atom is -0.383 e. The minimum absolute atomic E-state index is 0.148. The van der Waals surface area contributed by atoms with E-state index in [-0.39, 0.29) is 16.4 Å². The van der Waals surface area contributed by atoms with Crippen LogP contribution in [0.1, 0.15) is 10.4 Å². The first-order valence-electron chi connectivity index (χ1n) is 10.3. The second-order valence-corrected chi connectivity index (χ2v) is 9.20. The maximum atomic E-state index is 13.3. The van der Waals surface area contributed by atoms with Crippen LogP contribution in [0.2, 0.25) is 0 Å². The molecular weight excluding hydrogens is 442 g/mol. The molecular formula is C24H23N3O5S. The van der Waals surface area contributed by atoms with Gasteiger partial charge in [-0.15, -0.1) is 0 Å². The van der Waals surface area contributed by atoms with Gasteiger partial charge in [-0.3, -0.25) is 13.9 Å². The molecule has 0 radical (unpaired) electrons. The summed E-state index contributed by atoms with van der Waals surface area (Å²) in [6.07, 6.45) is 0. The van der Waals surface area contributed by atoms with Crippen molar-refractivity contribution in [3.8, 4) is 11.1 Å². The number of hydrogen-bond donors (Lipinski definition) is 2. The van der Waals surface area contributed by atoms with E-state index in [0.717, 1.165) is 9.87 Å². The molecule has 170 valence electrons. The first kappa shape index (κ1) is 22.5. The smallest absolute Gasteiger partial charge is 0.265 e. The maximum absolute atomic E-state index is 13.3. The number of sulfonamides is 1. The highest BCUT2D eigenvalue weighted by Gasteiger charge is 2.35. The molecule has 0 spiro atoms. The van der Waals surface area contributed by atoms with Crippen LogP contribution < -0.4 is 14.9 Å². The molecule has 0 aliphatic carbocycles. The summed E-state index contributed by atoms with van der Waals surface area (Å²) >= 11 is 0. The summed E-state index contributed by atoms with van der Waals surface area (Å²) in [7, 11) is -2.41. The lowest BCUT2D eigenvalue weighted by Gasteiger charge is -2.31. The van der Waals surface area contributed by atoms with Crippen LogP contribution in [-0.4, -0.2) is 47.0 Å². The number of anilines is 2. The van der Waals surface area contributed by atoms with E-state index in [9.17, 15) is 18.0 Å². The predicted octanol–water partition coefficient (Wildman–Crippen LogP) is 2.88. The first-order valence-corrected chi connectivity index (χ1v) is 11.7. The fraction of sp³-hybridized carbons (Fsp3) is 0.167. The number of methoxy groups -OCH3 is 1. The Morgan fingerprint density at radius 1 is 0.909 bits per heavy atom. The van der Waals surface area contributed by atoms with E-state index in [1.165, 1.54) is 13.2 Å². The molecule has 0 atom stereocenters. The Bertz CT molecular complexity index is 1310. The van der Waals surface area contributed by atoms with E-state index in [1.54, 1.807) is 54.6 Å². The quantitative estimate of drug-likeness (QED) is 0.522. The van der Waals surface area contributed by atoms with Crippen molar-refractivity contribution >= 4 is 33.2 Å². The molecule has 1 heterocycles. The molecule has 2 amide bonds. The van der Waals surface area contributed by atoms with Gasteiger partial charge in [0.25, 0.3) is 15.9 Å². The van der Waals surface area contributed by atoms with Crippen LogP contribution in [0.3, 0.4) is 0 Å². The van der Waals surface area contributed by atoms with Crippen LogP contribution in [0.15, 0.2) is 77.7 Å². The van der Waals surface area contributed by atoms with Crippen molar-refractivity contribution in [2.45, 2.75) is 4.90 Å². The number of fused-ring (bicyclic) bond motifs is 3. The molecule has 0 saturated carbocycles. The maximum Gasteiger partial charge on any atom is 0.265 e. The number of para-hydroxylation sites is 2. The van der Waals surface area contributed by atoms with Crippen LogP contribution in [0, 0.1) is 0 Å². The molecule has 0 saturated heterocycles. The number of carbonyl (C=O) groups is 2. The number of ether oxygens (including phenoxy) is 1. The number of amides is 2. The summed E-state index contributed by atoms with van der Waals surface area (Å²) in [5, 5.41) is 5.40. The van der Waals surface area contributed by atoms with E-state index >= 15 is 0 Å². The Labute approximate surface area is 192 Å². The highest BCUT2D eigenvalue weighted by Crippen LogP contribution is 2.42. The molecule has 8 nitrogen and oxygen atoms in total. The van der Waals surface area contributed by atoms with Gasteiger partial charge in [0.05, 0.1) is 28.4 Å². The zero-order valence-corrected chi connectivity index (χ0v) is 18.8. The molecule has 0 unspecified atom stereocenters. The van der Waals surface area contributed by atoms with Gasteiger partial charge in [0.15, 0.2) is 0 Å². The summed E-state index contributed by atoms with van der Waals surface area (Å²) in [6, 6.07) is 20.3. The molecule has 4 rings (SSSR count). The number of nitrogens with zero attached hydrogens (tertiary/aromatic N) is 1. The van der Waals surface area contributed by atoms with Gasteiger partial charge in [0.2, 0.25) is 5.91 Å². The fourth-order valence-electron chi connectivity index (χ4n) is 3.72. The van der Waals surface area contributed by atoms with Crippen molar-refractivity contribution in [2.75, 3.05) is 36.4 Å². The zero-order valence-electron chi connectivity index (χ0n) is 17.9. The molecule has 0 bridgehead atoms. The van der Waals surface area contributed by atoms with Crippen LogP contribution in [0.25, 0.3) is 11.1 Å². The van der Waals surface area contributed by atoms with Gasteiger partial charge in [-0.1, -0.05) is 48.5 Å². The van der Waals surface area contributed by atoms with Gasteiger partial charge in [-0.2, -0.15) is 0 Å². The predicted molar refractivity (Wildman–Crippen MR) is 126 cm³/mol. The fourth-order valence-corrected chi connectivity index (χ4v) is 5.37. The molecule has 0 fully saturated rings. The lowest BCUT2D eigenvalue weighted by molar-refractivity contribution is -0.114. The lowest BCUT2D eigenvalue weighted by Crippen LogP contribution is -2.40. The molecule has 33 heavy (non-hydrogen) atoms. The van der Waals surface area contributed by atoms with Gasteiger partial charge >= 0.3 is 0 Å². The monoisotopic (exact) mass is 465 g/mol. The van der Waals surface area contributed by atoms with E-state index < -0.39 is 22.5 Å². The van der Waals surface area contributed by atoms with Crippen LogP contribution in [0.4, 0.5) is 11.4 Å². The van der Waals surface area contributed by atoms with E-state index in [0.29, 0.717) is 30.1 Å². The summed E-state index contributed by atoms with van der Waals surface area (Å²) in [4.78, 5) is 25.6. The third kappa shape index (κ3) is 4.46. The van der Waals surface area contributed by atoms with Crippen LogP contribution in [-0.2, 0) is 19.6 Å². The largest absolute Gasteiger partial charge is 0.383 e. The van der Waals surface area contributed by atoms with Crippen LogP contribution >= 0.6 is 0 Å². The number of hydrogen-bond acceptors (Lipinski definition) is 5. The van der Waals surface area contributed by atoms with Gasteiger partial charge in [0.1, 0.15) is 6.54 Å². The average molecular weight is 466 g/mol. The lowest BCUT2D eigenvalue weighted by atomic mass is 10.0. The van der Waals surface area contributed by atoms with Crippen molar-refractivity contribution in [1.29, 1.82) is 0 Å². The number of nitrogens with one attached hydrogen (secondary N) is 2. The van der Waals surface area contributed by atoms with Crippen molar-refractivity contribution in [3.63, 3.8) is 0 Å². The Morgan fingerprint density at radius 2 is 1.58 bits per heavy atom. The summed E-state index contributed by atoms with van der Waals surface area (Å²) in [6.45, 7) is 0.237. The Morgan fingerprint density at radius 3 is 2.36 bits per heavy atom. The van der Waals surface area contributed by atoms with E-state index in [2.05, 4.69) is 10.6 Å². The second-order valence-electron chi connectivity index (χ2n) is 7.37. The van der Waals surface area contributed by atoms with Crippen LogP contribution in [0.5, 0.6) is 0 Å². The third-order valence-electron chi connectivity index (χ3n) is 5.24. The number of rotatable bonds is 7. The Hall–Kier alpha value is -3.69. The Balaban J connectivity index is 1.60.